The van der Waals surface area contributed by atoms with Gasteiger partial charge in [0, 0.05) is 41.5 Å². The predicted molar refractivity (Wildman–Crippen MR) is 162 cm³/mol. The smallest absolute Gasteiger partial charge is 0.229 e. The molecule has 6 rings (SSSR count). The largest absolute Gasteiger partial charge is 0.389 e. The molecule has 0 amide bonds. The van der Waals surface area contributed by atoms with Gasteiger partial charge < -0.3 is 15.0 Å². The van der Waals surface area contributed by atoms with Crippen molar-refractivity contribution in [2.75, 3.05) is 18.4 Å². The van der Waals surface area contributed by atoms with E-state index in [-0.39, 0.29) is 10.7 Å². The molecule has 0 bridgehead atoms. The molecule has 2 aromatic carbocycles. The molecule has 1 saturated heterocycles. The number of allylic oxidation sites excluding steroid dienone is 1. The van der Waals surface area contributed by atoms with Crippen molar-refractivity contribution >= 4 is 32.4 Å². The third kappa shape index (κ3) is 6.25. The highest BCUT2D eigenvalue weighted by Gasteiger charge is 2.34. The van der Waals surface area contributed by atoms with Gasteiger partial charge in [-0.25, -0.2) is 17.8 Å². The first-order valence-electron chi connectivity index (χ1n) is 14.6. The van der Waals surface area contributed by atoms with Gasteiger partial charge in [-0.2, -0.15) is 4.98 Å². The molecule has 10 heteroatoms. The number of nitrogens with one attached hydrogen (secondary N) is 1. The normalized spacial score (nSPS) is 22.9. The summed E-state index contributed by atoms with van der Waals surface area (Å²) < 4.78 is 42.1. The molecule has 1 saturated carbocycles. The molecular formula is C32H36FN5O3S. The summed E-state index contributed by atoms with van der Waals surface area (Å²) in [5, 5.41) is 16.7. The van der Waals surface area contributed by atoms with E-state index in [0.29, 0.717) is 61.2 Å². The molecule has 2 aliphatic rings. The number of halogens is 1. The fourth-order valence-electron chi connectivity index (χ4n) is 6.16. The van der Waals surface area contributed by atoms with Crippen LogP contribution in [-0.2, 0) is 9.84 Å². The number of aromatic nitrogens is 3. The molecule has 2 fully saturated rings. The van der Waals surface area contributed by atoms with Gasteiger partial charge in [-0.3, -0.25) is 4.90 Å². The van der Waals surface area contributed by atoms with Gasteiger partial charge in [0.05, 0.1) is 16.0 Å². The summed E-state index contributed by atoms with van der Waals surface area (Å²) in [6, 6.07) is 15.2. The van der Waals surface area contributed by atoms with Crippen molar-refractivity contribution in [3.63, 3.8) is 0 Å². The SMILES string of the molecule is C[C@H]1CCCN1CC1(O)CCC/C(=C/S(=O)(=O)c2ccc(Nc3nccc(-n4ccc5ccc(F)cc54)n3)cc2)CC1. The lowest BCUT2D eigenvalue weighted by molar-refractivity contribution is -0.0105. The molecule has 4 aromatic rings. The summed E-state index contributed by atoms with van der Waals surface area (Å²) in [6.45, 7) is 3.90. The fourth-order valence-corrected chi connectivity index (χ4v) is 7.48. The Hall–Kier alpha value is -3.60. The van der Waals surface area contributed by atoms with Gasteiger partial charge in [0.25, 0.3) is 0 Å². The molecule has 0 radical (unpaired) electrons. The molecule has 220 valence electrons. The van der Waals surface area contributed by atoms with Crippen LogP contribution >= 0.6 is 0 Å². The average Bonchev–Trinajstić information content (AvgIpc) is 3.52. The molecule has 2 N–H and O–H groups in total. The molecule has 0 spiro atoms. The van der Waals surface area contributed by atoms with E-state index in [9.17, 15) is 17.9 Å². The van der Waals surface area contributed by atoms with Crippen molar-refractivity contribution in [3.05, 3.63) is 83.8 Å². The van der Waals surface area contributed by atoms with Crippen molar-refractivity contribution in [2.45, 2.75) is 68.4 Å². The van der Waals surface area contributed by atoms with Crippen LogP contribution in [0.15, 0.2) is 82.9 Å². The van der Waals surface area contributed by atoms with Crippen LogP contribution in [0.4, 0.5) is 16.0 Å². The van der Waals surface area contributed by atoms with Gasteiger partial charge in [-0.1, -0.05) is 5.57 Å². The van der Waals surface area contributed by atoms with Gasteiger partial charge in [0.15, 0.2) is 9.84 Å². The summed E-state index contributed by atoms with van der Waals surface area (Å²) in [6.07, 6.45) is 9.07. The number of hydrogen-bond donors (Lipinski definition) is 2. The van der Waals surface area contributed by atoms with E-state index < -0.39 is 15.4 Å². The van der Waals surface area contributed by atoms with Crippen LogP contribution in [0.1, 0.15) is 51.9 Å². The van der Waals surface area contributed by atoms with Gasteiger partial charge in [0.2, 0.25) is 5.95 Å². The molecule has 1 aliphatic carbocycles. The summed E-state index contributed by atoms with van der Waals surface area (Å²) in [7, 11) is -3.64. The average molecular weight is 590 g/mol. The van der Waals surface area contributed by atoms with Crippen molar-refractivity contribution in [3.8, 4) is 5.82 Å². The number of benzene rings is 2. The van der Waals surface area contributed by atoms with Crippen molar-refractivity contribution < 1.29 is 17.9 Å². The number of anilines is 2. The Balaban J connectivity index is 1.13. The van der Waals surface area contributed by atoms with Gasteiger partial charge in [-0.15, -0.1) is 0 Å². The maximum absolute atomic E-state index is 13.8. The Labute approximate surface area is 245 Å². The second kappa shape index (κ2) is 11.6. The van der Waals surface area contributed by atoms with E-state index in [1.807, 2.05) is 12.3 Å². The Morgan fingerprint density at radius 2 is 1.93 bits per heavy atom. The fraction of sp³-hybridized carbons (Fsp3) is 0.375. The third-order valence-corrected chi connectivity index (χ3v) is 10.1. The molecule has 3 heterocycles. The summed E-state index contributed by atoms with van der Waals surface area (Å²) in [4.78, 5) is 11.4. The molecule has 1 unspecified atom stereocenters. The Morgan fingerprint density at radius 1 is 1.10 bits per heavy atom. The second-order valence-electron chi connectivity index (χ2n) is 11.6. The predicted octanol–water partition coefficient (Wildman–Crippen LogP) is 6.14. The number of likely N-dealkylation sites (tertiary alicyclic amines) is 1. The number of sulfone groups is 1. The third-order valence-electron chi connectivity index (χ3n) is 8.54. The Kier molecular flexibility index (Phi) is 7.87. The topological polar surface area (TPSA) is 100 Å². The van der Waals surface area contributed by atoms with Crippen LogP contribution in [0.2, 0.25) is 0 Å². The molecule has 2 aromatic heterocycles. The standard InChI is InChI=1S/C32H36FN5O3S/c1-23-4-3-18-37(23)22-32(39)15-2-5-24(12-16-32)21-42(40,41)28-10-8-27(9-11-28)35-31-34-17-13-30(36-31)38-19-14-25-6-7-26(33)20-29(25)38/h6-11,13-14,17,19-21,23,39H,2-5,12,15-16,18,22H2,1H3,(H,34,35,36)/b24-21-/t23-,32?/m0/s1. The highest BCUT2D eigenvalue weighted by atomic mass is 32.2. The van der Waals surface area contributed by atoms with Crippen LogP contribution in [-0.4, -0.2) is 57.7 Å². The van der Waals surface area contributed by atoms with Crippen LogP contribution in [0, 0.1) is 5.82 Å². The molecule has 42 heavy (non-hydrogen) atoms. The minimum Gasteiger partial charge on any atom is -0.389 e. The minimum atomic E-state index is -3.64. The van der Waals surface area contributed by atoms with Crippen LogP contribution in [0.25, 0.3) is 16.7 Å². The van der Waals surface area contributed by atoms with E-state index in [1.165, 1.54) is 30.4 Å². The molecule has 2 atom stereocenters. The molecule has 8 nitrogen and oxygen atoms in total. The van der Waals surface area contributed by atoms with Crippen molar-refractivity contribution in [2.24, 2.45) is 0 Å². The lowest BCUT2D eigenvalue weighted by Gasteiger charge is -2.33. The zero-order chi connectivity index (χ0) is 29.3. The van der Waals surface area contributed by atoms with Crippen LogP contribution in [0.5, 0.6) is 0 Å². The maximum Gasteiger partial charge on any atom is 0.229 e. The first-order chi connectivity index (χ1) is 20.2. The number of fused-ring (bicyclic) bond motifs is 1. The first-order valence-corrected chi connectivity index (χ1v) is 16.1. The summed E-state index contributed by atoms with van der Waals surface area (Å²) >= 11 is 0. The zero-order valence-electron chi connectivity index (χ0n) is 23.7. The first kappa shape index (κ1) is 28.5. The number of rotatable bonds is 7. The number of β-amino-alcohol motifs (C(OH)–C–C–N with tert-alkyl or cyclic N) is 1. The van der Waals surface area contributed by atoms with Crippen LogP contribution in [0.3, 0.4) is 0 Å². The van der Waals surface area contributed by atoms with E-state index >= 15 is 0 Å². The number of aliphatic hydroxyl groups is 1. The lowest BCUT2D eigenvalue weighted by atomic mass is 9.93. The van der Waals surface area contributed by atoms with E-state index in [0.717, 1.165) is 23.9 Å². The van der Waals surface area contributed by atoms with Crippen LogP contribution < -0.4 is 5.32 Å². The lowest BCUT2D eigenvalue weighted by Crippen LogP contribution is -2.44. The highest BCUT2D eigenvalue weighted by Crippen LogP contribution is 2.34. The van der Waals surface area contributed by atoms with E-state index in [4.69, 9.17) is 0 Å². The second-order valence-corrected chi connectivity index (χ2v) is 13.4. The van der Waals surface area contributed by atoms with E-state index in [1.54, 1.807) is 47.2 Å². The monoisotopic (exact) mass is 589 g/mol. The highest BCUT2D eigenvalue weighted by molar-refractivity contribution is 7.94. The quantitative estimate of drug-likeness (QED) is 0.250. The minimum absolute atomic E-state index is 0.210. The van der Waals surface area contributed by atoms with Gasteiger partial charge in [0.1, 0.15) is 11.6 Å². The maximum atomic E-state index is 13.8. The summed E-state index contributed by atoms with van der Waals surface area (Å²) in [5.74, 6) is 0.579. The Morgan fingerprint density at radius 3 is 2.71 bits per heavy atom. The van der Waals surface area contributed by atoms with Crippen molar-refractivity contribution in [1.82, 2.24) is 19.4 Å². The Bertz CT molecular complexity index is 1720. The van der Waals surface area contributed by atoms with Gasteiger partial charge >= 0.3 is 0 Å². The van der Waals surface area contributed by atoms with E-state index in [2.05, 4.69) is 27.1 Å². The summed E-state index contributed by atoms with van der Waals surface area (Å²) in [5.41, 5.74) is 1.43. The number of nitrogens with zero attached hydrogens (tertiary/aromatic N) is 4. The van der Waals surface area contributed by atoms with Gasteiger partial charge in [-0.05, 0) is 113 Å². The molecular weight excluding hydrogens is 553 g/mol. The van der Waals surface area contributed by atoms with Crippen molar-refractivity contribution in [1.29, 1.82) is 0 Å². The molecule has 1 aliphatic heterocycles. The zero-order valence-corrected chi connectivity index (χ0v) is 24.5. The number of hydrogen-bond acceptors (Lipinski definition) is 7.